The second-order valence-electron chi connectivity index (χ2n) is 2.60. The van der Waals surface area contributed by atoms with Crippen LogP contribution >= 0.6 is 0 Å². The maximum Gasteiger partial charge on any atom is 0.130 e. The van der Waals surface area contributed by atoms with Gasteiger partial charge in [0.15, 0.2) is 0 Å². The molecule has 0 aromatic heterocycles. The second kappa shape index (κ2) is 4.53. The normalized spacial score (nSPS) is 9.57. The number of benzene rings is 1. The van der Waals surface area contributed by atoms with Crippen molar-refractivity contribution in [3.63, 3.8) is 0 Å². The predicted octanol–water partition coefficient (Wildman–Crippen LogP) is 1.88. The van der Waals surface area contributed by atoms with E-state index < -0.39 is 5.82 Å². The number of nitrogens with zero attached hydrogens (tertiary/aromatic N) is 2. The van der Waals surface area contributed by atoms with Gasteiger partial charge >= 0.3 is 0 Å². The fourth-order valence-electron chi connectivity index (χ4n) is 1.05. The minimum absolute atomic E-state index is 0.252. The molecule has 1 rings (SSSR count). The van der Waals surface area contributed by atoms with E-state index in [1.54, 1.807) is 6.07 Å². The Kier molecular flexibility index (Phi) is 3.36. The standard InChI is InChI=1S/C10H11FN2O/c1-3-13(12-2)9-5-4-8(7-14)10(11)6-9/h3-6,14H,1-2,7H2. The molecule has 3 nitrogen and oxygen atoms in total. The summed E-state index contributed by atoms with van der Waals surface area (Å²) in [4.78, 5) is 0. The molecule has 0 amide bonds. The van der Waals surface area contributed by atoms with Gasteiger partial charge in [-0.3, -0.25) is 0 Å². The number of rotatable bonds is 4. The molecule has 0 atom stereocenters. The van der Waals surface area contributed by atoms with E-state index in [9.17, 15) is 4.39 Å². The number of halogens is 1. The molecule has 0 spiro atoms. The minimum atomic E-state index is -0.472. The molecule has 0 fully saturated rings. The maximum atomic E-state index is 13.2. The first kappa shape index (κ1) is 10.4. The van der Waals surface area contributed by atoms with Gasteiger partial charge in [0.05, 0.1) is 12.3 Å². The molecule has 1 N–H and O–H groups in total. The summed E-state index contributed by atoms with van der Waals surface area (Å²) in [6, 6.07) is 4.39. The highest BCUT2D eigenvalue weighted by molar-refractivity contribution is 5.51. The van der Waals surface area contributed by atoms with Crippen LogP contribution in [0.1, 0.15) is 5.56 Å². The van der Waals surface area contributed by atoms with Crippen molar-refractivity contribution >= 4 is 12.4 Å². The summed E-state index contributed by atoms with van der Waals surface area (Å²) >= 11 is 0. The predicted molar refractivity (Wildman–Crippen MR) is 54.5 cm³/mol. The number of anilines is 1. The lowest BCUT2D eigenvalue weighted by Crippen LogP contribution is -2.06. The lowest BCUT2D eigenvalue weighted by Gasteiger charge is -2.13. The van der Waals surface area contributed by atoms with Gasteiger partial charge < -0.3 is 5.11 Å². The van der Waals surface area contributed by atoms with Crippen molar-refractivity contribution in [1.29, 1.82) is 0 Å². The van der Waals surface area contributed by atoms with Crippen LogP contribution in [0.3, 0.4) is 0 Å². The number of hydrogen-bond acceptors (Lipinski definition) is 3. The van der Waals surface area contributed by atoms with Crippen LogP contribution in [-0.4, -0.2) is 11.8 Å². The highest BCUT2D eigenvalue weighted by atomic mass is 19.1. The van der Waals surface area contributed by atoms with E-state index in [4.69, 9.17) is 5.11 Å². The van der Waals surface area contributed by atoms with Crippen LogP contribution < -0.4 is 5.01 Å². The van der Waals surface area contributed by atoms with Crippen molar-refractivity contribution in [2.24, 2.45) is 5.10 Å². The molecule has 1 aromatic rings. The highest BCUT2D eigenvalue weighted by Crippen LogP contribution is 2.18. The molecule has 0 bridgehead atoms. The SMILES string of the molecule is C=CN(N=C)c1ccc(CO)c(F)c1. The Hall–Kier alpha value is -1.68. The Morgan fingerprint density at radius 2 is 2.29 bits per heavy atom. The van der Waals surface area contributed by atoms with Gasteiger partial charge in [0.2, 0.25) is 0 Å². The van der Waals surface area contributed by atoms with Crippen LogP contribution in [0.15, 0.2) is 36.1 Å². The molecule has 74 valence electrons. The highest BCUT2D eigenvalue weighted by Gasteiger charge is 2.05. The van der Waals surface area contributed by atoms with Gasteiger partial charge in [0.25, 0.3) is 0 Å². The van der Waals surface area contributed by atoms with E-state index in [1.807, 2.05) is 0 Å². The third kappa shape index (κ3) is 1.97. The Balaban J connectivity index is 3.06. The summed E-state index contributed by atoms with van der Waals surface area (Å²) in [5, 5.41) is 13.7. The van der Waals surface area contributed by atoms with Crippen LogP contribution in [0, 0.1) is 5.82 Å². The molecule has 0 saturated carbocycles. The third-order valence-corrected chi connectivity index (χ3v) is 1.80. The van der Waals surface area contributed by atoms with Crippen molar-refractivity contribution in [1.82, 2.24) is 0 Å². The molecule has 0 saturated heterocycles. The molecule has 0 heterocycles. The van der Waals surface area contributed by atoms with Gasteiger partial charge in [-0.2, -0.15) is 5.10 Å². The summed E-state index contributed by atoms with van der Waals surface area (Å²) in [6.45, 7) is 6.50. The zero-order valence-corrected chi connectivity index (χ0v) is 7.65. The molecular weight excluding hydrogens is 183 g/mol. The zero-order valence-electron chi connectivity index (χ0n) is 7.65. The number of aliphatic hydroxyl groups is 1. The van der Waals surface area contributed by atoms with E-state index >= 15 is 0 Å². The number of hydrazone groups is 1. The van der Waals surface area contributed by atoms with Crippen molar-refractivity contribution in [2.75, 3.05) is 5.01 Å². The quantitative estimate of drug-likeness (QED) is 0.586. The first-order chi connectivity index (χ1) is 6.72. The topological polar surface area (TPSA) is 35.8 Å². The molecule has 0 unspecified atom stereocenters. The largest absolute Gasteiger partial charge is 0.392 e. The number of hydrogen-bond donors (Lipinski definition) is 1. The van der Waals surface area contributed by atoms with Gasteiger partial charge in [0.1, 0.15) is 5.82 Å². The minimum Gasteiger partial charge on any atom is -0.392 e. The summed E-state index contributed by atoms with van der Waals surface area (Å²) in [5.41, 5.74) is 0.770. The van der Waals surface area contributed by atoms with Gasteiger partial charge in [-0.25, -0.2) is 9.40 Å². The van der Waals surface area contributed by atoms with Gasteiger partial charge in [-0.1, -0.05) is 12.6 Å². The van der Waals surface area contributed by atoms with Crippen molar-refractivity contribution in [2.45, 2.75) is 6.61 Å². The van der Waals surface area contributed by atoms with E-state index in [0.717, 1.165) is 0 Å². The monoisotopic (exact) mass is 194 g/mol. The van der Waals surface area contributed by atoms with Crippen LogP contribution in [0.4, 0.5) is 10.1 Å². The molecular formula is C10H11FN2O. The molecule has 0 aliphatic carbocycles. The van der Waals surface area contributed by atoms with Gasteiger partial charge in [-0.15, -0.1) is 0 Å². The van der Waals surface area contributed by atoms with Crippen molar-refractivity contribution in [3.8, 4) is 0 Å². The van der Waals surface area contributed by atoms with Crippen molar-refractivity contribution < 1.29 is 9.50 Å². The van der Waals surface area contributed by atoms with Crippen LogP contribution in [-0.2, 0) is 6.61 Å². The Morgan fingerprint density at radius 1 is 1.57 bits per heavy atom. The van der Waals surface area contributed by atoms with E-state index in [2.05, 4.69) is 18.4 Å². The molecule has 0 aliphatic rings. The Bertz CT molecular complexity index is 344. The first-order valence-electron chi connectivity index (χ1n) is 4.00. The average molecular weight is 194 g/mol. The summed E-state index contributed by atoms with van der Waals surface area (Å²) in [6.07, 6.45) is 1.42. The van der Waals surface area contributed by atoms with E-state index in [-0.39, 0.29) is 12.2 Å². The third-order valence-electron chi connectivity index (χ3n) is 1.80. The van der Waals surface area contributed by atoms with Crippen LogP contribution in [0.25, 0.3) is 0 Å². The van der Waals surface area contributed by atoms with Crippen LogP contribution in [0.2, 0.25) is 0 Å². The zero-order chi connectivity index (χ0) is 10.6. The second-order valence-corrected chi connectivity index (χ2v) is 2.60. The van der Waals surface area contributed by atoms with E-state index in [1.165, 1.54) is 23.3 Å². The smallest absolute Gasteiger partial charge is 0.130 e. The Morgan fingerprint density at radius 3 is 2.71 bits per heavy atom. The average Bonchev–Trinajstić information content (AvgIpc) is 2.20. The molecule has 4 heteroatoms. The van der Waals surface area contributed by atoms with E-state index in [0.29, 0.717) is 5.69 Å². The summed E-state index contributed by atoms with van der Waals surface area (Å²) < 4.78 is 13.2. The van der Waals surface area contributed by atoms with Gasteiger partial charge in [-0.05, 0) is 12.1 Å². The summed E-state index contributed by atoms with van der Waals surface area (Å²) in [5.74, 6) is -0.472. The molecule has 0 radical (unpaired) electrons. The fraction of sp³-hybridized carbons (Fsp3) is 0.100. The maximum absolute atomic E-state index is 13.2. The molecule has 0 aliphatic heterocycles. The molecule has 14 heavy (non-hydrogen) atoms. The summed E-state index contributed by atoms with van der Waals surface area (Å²) in [7, 11) is 0. The lowest BCUT2D eigenvalue weighted by molar-refractivity contribution is 0.276. The number of aliphatic hydroxyl groups excluding tert-OH is 1. The molecule has 1 aromatic carbocycles. The first-order valence-corrected chi connectivity index (χ1v) is 4.00. The van der Waals surface area contributed by atoms with Gasteiger partial charge in [0, 0.05) is 18.5 Å². The fourth-order valence-corrected chi connectivity index (χ4v) is 1.05. The Labute approximate surface area is 81.8 Å². The van der Waals surface area contributed by atoms with Crippen molar-refractivity contribution in [3.05, 3.63) is 42.4 Å². The van der Waals surface area contributed by atoms with Crippen LogP contribution in [0.5, 0.6) is 0 Å². The lowest BCUT2D eigenvalue weighted by atomic mass is 10.2.